The molecule has 0 aliphatic carbocycles. The smallest absolute Gasteiger partial charge is 0.317 e. The van der Waals surface area contributed by atoms with Crippen LogP contribution in [0.25, 0.3) is 0 Å². The molecular weight excluding hydrogens is 202 g/mol. The molecule has 4 nitrogen and oxygen atoms in total. The predicted molar refractivity (Wildman–Crippen MR) is 64.4 cm³/mol. The van der Waals surface area contributed by atoms with Crippen LogP contribution in [0.1, 0.15) is 40.0 Å². The minimum atomic E-state index is -0.143. The minimum absolute atomic E-state index is 0.0850. The van der Waals surface area contributed by atoms with Crippen LogP contribution in [-0.4, -0.2) is 41.6 Å². The lowest BCUT2D eigenvalue weighted by molar-refractivity contribution is 0.185. The maximum Gasteiger partial charge on any atom is 0.317 e. The van der Waals surface area contributed by atoms with Gasteiger partial charge < -0.3 is 15.5 Å². The summed E-state index contributed by atoms with van der Waals surface area (Å²) in [7, 11) is 0. The molecule has 2 heterocycles. The molecule has 2 aliphatic heterocycles. The summed E-state index contributed by atoms with van der Waals surface area (Å²) in [4.78, 5) is 14.0. The standard InChI is InChI=1S/C12H23N3O/c1-12(2,3)14-11(16)15-7-6-9-4-5-10(8-15)13-9/h9-10,13H,4-8H2,1-3H3,(H,14,16). The highest BCUT2D eigenvalue weighted by Crippen LogP contribution is 2.20. The number of carbonyl (C=O) groups is 1. The molecule has 0 radical (unpaired) electrons. The maximum atomic E-state index is 12.0. The molecule has 2 fully saturated rings. The molecule has 2 N–H and O–H groups in total. The van der Waals surface area contributed by atoms with Gasteiger partial charge in [-0.15, -0.1) is 0 Å². The zero-order chi connectivity index (χ0) is 11.8. The SMILES string of the molecule is CC(C)(C)NC(=O)N1CCC2CCC(C1)N2. The second kappa shape index (κ2) is 4.24. The van der Waals surface area contributed by atoms with Gasteiger partial charge in [0, 0.05) is 30.7 Å². The van der Waals surface area contributed by atoms with E-state index in [1.807, 2.05) is 25.7 Å². The van der Waals surface area contributed by atoms with Gasteiger partial charge in [0.15, 0.2) is 0 Å². The molecule has 2 bridgehead atoms. The lowest BCUT2D eigenvalue weighted by atomic mass is 10.1. The maximum absolute atomic E-state index is 12.0. The molecule has 4 heteroatoms. The zero-order valence-electron chi connectivity index (χ0n) is 10.5. The fraction of sp³-hybridized carbons (Fsp3) is 0.917. The predicted octanol–water partition coefficient (Wildman–Crippen LogP) is 1.32. The summed E-state index contributed by atoms with van der Waals surface area (Å²) in [6.45, 7) is 7.81. The summed E-state index contributed by atoms with van der Waals surface area (Å²) in [5.41, 5.74) is -0.143. The van der Waals surface area contributed by atoms with Gasteiger partial charge in [0.2, 0.25) is 0 Å². The first-order chi connectivity index (χ1) is 7.44. The average Bonchev–Trinajstić information content (AvgIpc) is 2.42. The van der Waals surface area contributed by atoms with E-state index in [1.54, 1.807) is 0 Å². The van der Waals surface area contributed by atoms with E-state index in [0.717, 1.165) is 19.5 Å². The molecule has 2 saturated heterocycles. The minimum Gasteiger partial charge on any atom is -0.333 e. The molecular formula is C12H23N3O. The number of fused-ring (bicyclic) bond motifs is 2. The lowest BCUT2D eigenvalue weighted by Crippen LogP contribution is -2.50. The van der Waals surface area contributed by atoms with Crippen molar-refractivity contribution >= 4 is 6.03 Å². The third-order valence-corrected chi connectivity index (χ3v) is 3.29. The first kappa shape index (κ1) is 11.7. The van der Waals surface area contributed by atoms with E-state index in [9.17, 15) is 4.79 Å². The van der Waals surface area contributed by atoms with Gasteiger partial charge >= 0.3 is 6.03 Å². The Bertz CT molecular complexity index is 272. The Hall–Kier alpha value is -0.770. The molecule has 2 rings (SSSR count). The Morgan fingerprint density at radius 1 is 1.25 bits per heavy atom. The van der Waals surface area contributed by atoms with Crippen LogP contribution < -0.4 is 10.6 Å². The van der Waals surface area contributed by atoms with E-state index >= 15 is 0 Å². The number of carbonyl (C=O) groups excluding carboxylic acids is 1. The average molecular weight is 225 g/mol. The van der Waals surface area contributed by atoms with Crippen molar-refractivity contribution in [2.45, 2.75) is 57.7 Å². The summed E-state index contributed by atoms with van der Waals surface area (Å²) in [5.74, 6) is 0. The zero-order valence-corrected chi connectivity index (χ0v) is 10.5. The summed E-state index contributed by atoms with van der Waals surface area (Å²) < 4.78 is 0. The molecule has 0 aromatic carbocycles. The van der Waals surface area contributed by atoms with E-state index in [-0.39, 0.29) is 11.6 Å². The highest BCUT2D eigenvalue weighted by atomic mass is 16.2. The van der Waals surface area contributed by atoms with Crippen molar-refractivity contribution in [3.63, 3.8) is 0 Å². The van der Waals surface area contributed by atoms with Gasteiger partial charge in [-0.25, -0.2) is 4.79 Å². The molecule has 2 atom stereocenters. The van der Waals surface area contributed by atoms with E-state index in [4.69, 9.17) is 0 Å². The monoisotopic (exact) mass is 225 g/mol. The third-order valence-electron chi connectivity index (χ3n) is 3.29. The fourth-order valence-electron chi connectivity index (χ4n) is 2.53. The molecule has 16 heavy (non-hydrogen) atoms. The highest BCUT2D eigenvalue weighted by molar-refractivity contribution is 5.75. The number of rotatable bonds is 0. The van der Waals surface area contributed by atoms with Crippen LogP contribution >= 0.6 is 0 Å². The third kappa shape index (κ3) is 2.88. The molecule has 92 valence electrons. The second-order valence-corrected chi connectivity index (χ2v) is 6.05. The van der Waals surface area contributed by atoms with Crippen LogP contribution in [0.4, 0.5) is 4.79 Å². The normalized spacial score (nSPS) is 30.1. The summed E-state index contributed by atoms with van der Waals surface area (Å²) >= 11 is 0. The van der Waals surface area contributed by atoms with Crippen molar-refractivity contribution < 1.29 is 4.79 Å². The van der Waals surface area contributed by atoms with Crippen LogP contribution in [-0.2, 0) is 0 Å². The second-order valence-electron chi connectivity index (χ2n) is 6.05. The number of hydrogen-bond acceptors (Lipinski definition) is 2. The number of hydrogen-bond donors (Lipinski definition) is 2. The molecule has 0 saturated carbocycles. The van der Waals surface area contributed by atoms with Crippen LogP contribution in [0.2, 0.25) is 0 Å². The Kier molecular flexibility index (Phi) is 3.10. The molecule has 0 aromatic rings. The number of nitrogens with zero attached hydrogens (tertiary/aromatic N) is 1. The van der Waals surface area contributed by atoms with Crippen LogP contribution in [0.5, 0.6) is 0 Å². The quantitative estimate of drug-likeness (QED) is 0.653. The number of amides is 2. The topological polar surface area (TPSA) is 44.4 Å². The van der Waals surface area contributed by atoms with E-state index in [1.165, 1.54) is 12.8 Å². The van der Waals surface area contributed by atoms with Gasteiger partial charge in [0.05, 0.1) is 0 Å². The summed E-state index contributed by atoms with van der Waals surface area (Å²) in [5, 5.41) is 6.61. The van der Waals surface area contributed by atoms with Crippen LogP contribution in [0, 0.1) is 0 Å². The van der Waals surface area contributed by atoms with Crippen molar-refractivity contribution in [1.82, 2.24) is 15.5 Å². The van der Waals surface area contributed by atoms with Crippen molar-refractivity contribution in [2.75, 3.05) is 13.1 Å². The van der Waals surface area contributed by atoms with Crippen molar-refractivity contribution in [3.8, 4) is 0 Å². The highest BCUT2D eigenvalue weighted by Gasteiger charge is 2.31. The van der Waals surface area contributed by atoms with Gasteiger partial charge in [-0.05, 0) is 40.0 Å². The number of likely N-dealkylation sites (tertiary alicyclic amines) is 1. The molecule has 2 aliphatic rings. The Morgan fingerprint density at radius 2 is 1.94 bits per heavy atom. The summed E-state index contributed by atoms with van der Waals surface area (Å²) in [6, 6.07) is 1.23. The van der Waals surface area contributed by atoms with E-state index in [2.05, 4.69) is 10.6 Å². The Balaban J connectivity index is 1.92. The van der Waals surface area contributed by atoms with Crippen LogP contribution in [0.3, 0.4) is 0 Å². The van der Waals surface area contributed by atoms with Gasteiger partial charge in [-0.1, -0.05) is 0 Å². The van der Waals surface area contributed by atoms with Gasteiger partial charge in [0.1, 0.15) is 0 Å². The fourth-order valence-corrected chi connectivity index (χ4v) is 2.53. The van der Waals surface area contributed by atoms with Gasteiger partial charge in [-0.3, -0.25) is 0 Å². The van der Waals surface area contributed by atoms with Gasteiger partial charge in [-0.2, -0.15) is 0 Å². The number of urea groups is 1. The molecule has 2 amide bonds. The Morgan fingerprint density at radius 3 is 2.62 bits per heavy atom. The molecule has 0 aromatic heterocycles. The van der Waals surface area contributed by atoms with Crippen molar-refractivity contribution in [1.29, 1.82) is 0 Å². The lowest BCUT2D eigenvalue weighted by Gasteiger charge is -2.29. The van der Waals surface area contributed by atoms with E-state index in [0.29, 0.717) is 12.1 Å². The first-order valence-corrected chi connectivity index (χ1v) is 6.27. The Labute approximate surface area is 97.8 Å². The first-order valence-electron chi connectivity index (χ1n) is 6.27. The van der Waals surface area contributed by atoms with E-state index < -0.39 is 0 Å². The van der Waals surface area contributed by atoms with Gasteiger partial charge in [0.25, 0.3) is 0 Å². The van der Waals surface area contributed by atoms with Crippen LogP contribution in [0.15, 0.2) is 0 Å². The largest absolute Gasteiger partial charge is 0.333 e. The summed E-state index contributed by atoms with van der Waals surface area (Å²) in [6.07, 6.45) is 3.58. The molecule has 0 spiro atoms. The van der Waals surface area contributed by atoms with Crippen molar-refractivity contribution in [3.05, 3.63) is 0 Å². The number of nitrogens with one attached hydrogen (secondary N) is 2. The molecule has 2 unspecified atom stereocenters. The van der Waals surface area contributed by atoms with Crippen molar-refractivity contribution in [2.24, 2.45) is 0 Å².